The Balaban J connectivity index is 1.90. The predicted octanol–water partition coefficient (Wildman–Crippen LogP) is 4.27. The smallest absolute Gasteiger partial charge is 0.330 e. The fraction of sp³-hybridized carbons (Fsp3) is 0.111. The van der Waals surface area contributed by atoms with Crippen molar-refractivity contribution < 1.29 is 18.7 Å². The van der Waals surface area contributed by atoms with Crippen LogP contribution in [0, 0.1) is 0 Å². The molecule has 0 aliphatic carbocycles. The number of hydrogen-bond donors (Lipinski definition) is 1. The first-order valence-electron chi connectivity index (χ1n) is 7.26. The SMILES string of the molecule is CCOC(=O)/C=C/c1ccc(NC(=O)/C=C/c2ccc(Br)o2)cc1. The molecule has 124 valence electrons. The Kier molecular flexibility index (Phi) is 6.57. The first-order chi connectivity index (χ1) is 11.6. The highest BCUT2D eigenvalue weighted by atomic mass is 79.9. The second kappa shape index (κ2) is 8.88. The van der Waals surface area contributed by atoms with Crippen LogP contribution in [0.2, 0.25) is 0 Å². The van der Waals surface area contributed by atoms with Crippen LogP contribution in [-0.4, -0.2) is 18.5 Å². The quantitative estimate of drug-likeness (QED) is 0.591. The summed E-state index contributed by atoms with van der Waals surface area (Å²) in [5, 5.41) is 2.74. The van der Waals surface area contributed by atoms with Gasteiger partial charge in [0.15, 0.2) is 4.67 Å². The summed E-state index contributed by atoms with van der Waals surface area (Å²) in [6.45, 7) is 2.10. The molecule has 0 radical (unpaired) electrons. The molecule has 0 spiro atoms. The van der Waals surface area contributed by atoms with Gasteiger partial charge in [0.2, 0.25) is 5.91 Å². The van der Waals surface area contributed by atoms with E-state index in [1.54, 1.807) is 55.5 Å². The molecule has 2 rings (SSSR count). The van der Waals surface area contributed by atoms with Gasteiger partial charge in [-0.25, -0.2) is 4.79 Å². The molecule has 1 aromatic carbocycles. The number of halogens is 1. The number of rotatable bonds is 6. The third kappa shape index (κ3) is 5.89. The first kappa shape index (κ1) is 17.7. The second-order valence-corrected chi connectivity index (χ2v) is 5.45. The van der Waals surface area contributed by atoms with Crippen molar-refractivity contribution in [2.24, 2.45) is 0 Å². The molecule has 0 aliphatic rings. The molecule has 0 saturated heterocycles. The lowest BCUT2D eigenvalue weighted by atomic mass is 10.2. The third-order valence-corrected chi connectivity index (χ3v) is 3.30. The Hall–Kier alpha value is -2.60. The molecule has 0 fully saturated rings. The van der Waals surface area contributed by atoms with E-state index in [9.17, 15) is 9.59 Å². The van der Waals surface area contributed by atoms with Crippen LogP contribution in [0.25, 0.3) is 12.2 Å². The number of carbonyl (C=O) groups excluding carboxylic acids is 2. The third-order valence-electron chi connectivity index (χ3n) is 2.87. The molecule has 1 heterocycles. The number of anilines is 1. The van der Waals surface area contributed by atoms with Crippen LogP contribution < -0.4 is 5.32 Å². The highest BCUT2D eigenvalue weighted by molar-refractivity contribution is 9.10. The van der Waals surface area contributed by atoms with E-state index in [0.29, 0.717) is 22.7 Å². The maximum Gasteiger partial charge on any atom is 0.330 e. The van der Waals surface area contributed by atoms with Gasteiger partial charge >= 0.3 is 5.97 Å². The first-order valence-corrected chi connectivity index (χ1v) is 8.05. The van der Waals surface area contributed by atoms with Crippen molar-refractivity contribution in [3.05, 3.63) is 64.5 Å². The number of benzene rings is 1. The Morgan fingerprint density at radius 1 is 1.12 bits per heavy atom. The lowest BCUT2D eigenvalue weighted by molar-refractivity contribution is -0.137. The average Bonchev–Trinajstić information content (AvgIpc) is 2.98. The van der Waals surface area contributed by atoms with Crippen molar-refractivity contribution >= 4 is 45.6 Å². The number of ether oxygens (including phenoxy) is 1. The van der Waals surface area contributed by atoms with Gasteiger partial charge in [0.05, 0.1) is 6.61 Å². The van der Waals surface area contributed by atoms with Gasteiger partial charge in [-0.3, -0.25) is 4.79 Å². The lowest BCUT2D eigenvalue weighted by Gasteiger charge is -2.02. The van der Waals surface area contributed by atoms with Crippen molar-refractivity contribution in [2.45, 2.75) is 6.92 Å². The minimum Gasteiger partial charge on any atom is -0.463 e. The molecular weight excluding hydrogens is 374 g/mol. The molecule has 0 saturated carbocycles. The number of carbonyl (C=O) groups is 2. The maximum absolute atomic E-state index is 11.8. The van der Waals surface area contributed by atoms with E-state index in [-0.39, 0.29) is 11.9 Å². The molecule has 6 heteroatoms. The highest BCUT2D eigenvalue weighted by Crippen LogP contribution is 2.15. The Morgan fingerprint density at radius 3 is 2.50 bits per heavy atom. The molecule has 0 bridgehead atoms. The zero-order valence-corrected chi connectivity index (χ0v) is 14.6. The van der Waals surface area contributed by atoms with E-state index in [4.69, 9.17) is 9.15 Å². The van der Waals surface area contributed by atoms with Gasteiger partial charge in [-0.1, -0.05) is 12.1 Å². The summed E-state index contributed by atoms with van der Waals surface area (Å²) in [7, 11) is 0. The van der Waals surface area contributed by atoms with E-state index in [0.717, 1.165) is 5.56 Å². The molecule has 24 heavy (non-hydrogen) atoms. The molecule has 5 nitrogen and oxygen atoms in total. The summed E-state index contributed by atoms with van der Waals surface area (Å²) >= 11 is 3.19. The summed E-state index contributed by atoms with van der Waals surface area (Å²) in [5.41, 5.74) is 1.48. The summed E-state index contributed by atoms with van der Waals surface area (Å²) < 4.78 is 10.7. The van der Waals surface area contributed by atoms with Crippen LogP contribution in [0.3, 0.4) is 0 Å². The van der Waals surface area contributed by atoms with Crippen LogP contribution in [0.4, 0.5) is 5.69 Å². The van der Waals surface area contributed by atoms with E-state index in [2.05, 4.69) is 21.2 Å². The van der Waals surface area contributed by atoms with Crippen LogP contribution in [-0.2, 0) is 14.3 Å². The number of hydrogen-bond acceptors (Lipinski definition) is 4. The molecular formula is C18H16BrNO4. The minimum absolute atomic E-state index is 0.266. The van der Waals surface area contributed by atoms with Crippen LogP contribution in [0.15, 0.2) is 57.6 Å². The Morgan fingerprint density at radius 2 is 1.88 bits per heavy atom. The molecule has 1 N–H and O–H groups in total. The van der Waals surface area contributed by atoms with E-state index >= 15 is 0 Å². The van der Waals surface area contributed by atoms with Gasteiger partial charge in [0, 0.05) is 17.8 Å². The molecule has 1 aromatic heterocycles. The molecule has 2 aromatic rings. The van der Waals surface area contributed by atoms with Crippen LogP contribution >= 0.6 is 15.9 Å². The van der Waals surface area contributed by atoms with Gasteiger partial charge in [-0.2, -0.15) is 0 Å². The summed E-state index contributed by atoms with van der Waals surface area (Å²) in [6, 6.07) is 10.6. The molecule has 0 atom stereocenters. The van der Waals surface area contributed by atoms with E-state index < -0.39 is 0 Å². The summed E-state index contributed by atoms with van der Waals surface area (Å²) in [6.07, 6.45) is 5.98. The Bertz CT molecular complexity index is 760. The summed E-state index contributed by atoms with van der Waals surface area (Å²) in [4.78, 5) is 23.1. The Labute approximate surface area is 148 Å². The fourth-order valence-electron chi connectivity index (χ4n) is 1.79. The van der Waals surface area contributed by atoms with Gasteiger partial charge < -0.3 is 14.5 Å². The van der Waals surface area contributed by atoms with E-state index in [1.165, 1.54) is 12.2 Å². The highest BCUT2D eigenvalue weighted by Gasteiger charge is 2.00. The monoisotopic (exact) mass is 389 g/mol. The topological polar surface area (TPSA) is 68.5 Å². The van der Waals surface area contributed by atoms with Crippen molar-refractivity contribution in [1.29, 1.82) is 0 Å². The zero-order valence-electron chi connectivity index (χ0n) is 13.0. The van der Waals surface area contributed by atoms with Crippen LogP contribution in [0.1, 0.15) is 18.2 Å². The molecule has 1 amide bonds. The number of furan rings is 1. The maximum atomic E-state index is 11.8. The molecule has 0 unspecified atom stereocenters. The van der Waals surface area contributed by atoms with Gasteiger partial charge in [-0.15, -0.1) is 0 Å². The van der Waals surface area contributed by atoms with Gasteiger partial charge in [0.25, 0.3) is 0 Å². The van der Waals surface area contributed by atoms with Gasteiger partial charge in [0.1, 0.15) is 5.76 Å². The van der Waals surface area contributed by atoms with Crippen molar-refractivity contribution in [2.75, 3.05) is 11.9 Å². The van der Waals surface area contributed by atoms with Gasteiger partial charge in [-0.05, 0) is 64.8 Å². The number of amides is 1. The van der Waals surface area contributed by atoms with Crippen LogP contribution in [0.5, 0.6) is 0 Å². The largest absolute Gasteiger partial charge is 0.463 e. The summed E-state index contributed by atoms with van der Waals surface area (Å²) in [5.74, 6) is -0.0709. The van der Waals surface area contributed by atoms with E-state index in [1.807, 2.05) is 0 Å². The zero-order chi connectivity index (χ0) is 17.4. The molecule has 0 aliphatic heterocycles. The number of nitrogens with one attached hydrogen (secondary N) is 1. The standard InChI is InChI=1S/C18H16BrNO4/c1-2-23-18(22)12-5-13-3-6-14(7-4-13)20-17(21)11-9-15-8-10-16(19)24-15/h3-12H,2H2,1H3,(H,20,21)/b11-9+,12-5+. The van der Waals surface area contributed by atoms with Crippen molar-refractivity contribution in [1.82, 2.24) is 0 Å². The second-order valence-electron chi connectivity index (χ2n) is 4.67. The normalized spacial score (nSPS) is 11.1. The van der Waals surface area contributed by atoms with Crippen molar-refractivity contribution in [3.8, 4) is 0 Å². The average molecular weight is 390 g/mol. The van der Waals surface area contributed by atoms with Crippen molar-refractivity contribution in [3.63, 3.8) is 0 Å². The lowest BCUT2D eigenvalue weighted by Crippen LogP contribution is -2.07. The fourth-order valence-corrected chi connectivity index (χ4v) is 2.11. The minimum atomic E-state index is -0.385. The predicted molar refractivity (Wildman–Crippen MR) is 96.2 cm³/mol. The number of esters is 1.